The summed E-state index contributed by atoms with van der Waals surface area (Å²) in [6, 6.07) is 10.5. The minimum atomic E-state index is -0.970. The summed E-state index contributed by atoms with van der Waals surface area (Å²) in [6.07, 6.45) is 1.15. The number of aliphatic hydroxyl groups is 2. The fourth-order valence-electron chi connectivity index (χ4n) is 4.98. The summed E-state index contributed by atoms with van der Waals surface area (Å²) < 4.78 is 18.7. The SMILES string of the molecule is COc1cccc(C[C@@]2(O)C[C@H]3CN(CC(O)c4ccc(O)c(F)n4)C[C@H]3C2)c1. The van der Waals surface area contributed by atoms with Crippen molar-refractivity contribution in [1.29, 1.82) is 0 Å². The fourth-order valence-corrected chi connectivity index (χ4v) is 4.98. The van der Waals surface area contributed by atoms with Crippen LogP contribution in [0, 0.1) is 17.8 Å². The maximum absolute atomic E-state index is 13.4. The number of hydrogen-bond acceptors (Lipinski definition) is 6. The van der Waals surface area contributed by atoms with Gasteiger partial charge in [0.25, 0.3) is 5.95 Å². The van der Waals surface area contributed by atoms with Crippen LogP contribution >= 0.6 is 0 Å². The van der Waals surface area contributed by atoms with Gasteiger partial charge in [-0.3, -0.25) is 4.90 Å². The van der Waals surface area contributed by atoms with Gasteiger partial charge in [-0.15, -0.1) is 0 Å². The second-order valence-corrected chi connectivity index (χ2v) is 8.46. The molecule has 2 aromatic rings. The Balaban J connectivity index is 1.34. The van der Waals surface area contributed by atoms with Gasteiger partial charge in [-0.2, -0.15) is 4.39 Å². The summed E-state index contributed by atoms with van der Waals surface area (Å²) in [7, 11) is 1.64. The largest absolute Gasteiger partial charge is 0.504 e. The standard InChI is InChI=1S/C22H27FN2O4/c1-29-17-4-2-3-14(7-17)8-22(28)9-15-11-25(12-16(15)10-22)13-20(27)18-5-6-19(26)21(23)24-18/h2-7,15-16,20,26-28H,8-13H2,1H3/t15-,16+,20?,22+. The number of fused-ring (bicyclic) bond motifs is 1. The summed E-state index contributed by atoms with van der Waals surface area (Å²) in [5.74, 6) is 0.0581. The molecule has 0 amide bonds. The van der Waals surface area contributed by atoms with E-state index in [-0.39, 0.29) is 5.69 Å². The number of methoxy groups -OCH3 is 1. The van der Waals surface area contributed by atoms with E-state index in [0.717, 1.165) is 37.2 Å². The highest BCUT2D eigenvalue weighted by atomic mass is 19.1. The van der Waals surface area contributed by atoms with E-state index in [2.05, 4.69) is 9.88 Å². The first-order chi connectivity index (χ1) is 13.8. The van der Waals surface area contributed by atoms with Crippen LogP contribution in [0.1, 0.15) is 30.2 Å². The number of aromatic hydroxyl groups is 1. The Kier molecular flexibility index (Phi) is 5.46. The zero-order valence-electron chi connectivity index (χ0n) is 16.5. The van der Waals surface area contributed by atoms with Crippen molar-refractivity contribution in [3.05, 3.63) is 53.6 Å². The molecular weight excluding hydrogens is 375 g/mol. The number of β-amino-alcohol motifs (C(OH)–C–C–N with tert-alkyl or cyclic N) is 1. The monoisotopic (exact) mass is 402 g/mol. The highest BCUT2D eigenvalue weighted by Crippen LogP contribution is 2.45. The predicted molar refractivity (Wildman–Crippen MR) is 105 cm³/mol. The summed E-state index contributed by atoms with van der Waals surface area (Å²) in [5.41, 5.74) is 0.569. The molecule has 156 valence electrons. The van der Waals surface area contributed by atoms with E-state index in [0.29, 0.717) is 24.8 Å². The molecule has 2 fully saturated rings. The molecule has 1 aliphatic heterocycles. The van der Waals surface area contributed by atoms with E-state index in [1.54, 1.807) is 7.11 Å². The highest BCUT2D eigenvalue weighted by Gasteiger charge is 2.48. The van der Waals surface area contributed by atoms with E-state index < -0.39 is 23.4 Å². The van der Waals surface area contributed by atoms with Gasteiger partial charge < -0.3 is 20.1 Å². The molecule has 3 N–H and O–H groups in total. The van der Waals surface area contributed by atoms with Crippen LogP contribution in [0.25, 0.3) is 0 Å². The molecule has 0 bridgehead atoms. The minimum Gasteiger partial charge on any atom is -0.504 e. The molecule has 0 radical (unpaired) electrons. The van der Waals surface area contributed by atoms with Crippen LogP contribution in [-0.4, -0.2) is 57.5 Å². The lowest BCUT2D eigenvalue weighted by atomic mass is 9.91. The number of ether oxygens (including phenoxy) is 1. The summed E-state index contributed by atoms with van der Waals surface area (Å²) in [6.45, 7) is 1.95. The second kappa shape index (κ2) is 7.89. The molecule has 6 nitrogen and oxygen atoms in total. The number of hydrogen-bond donors (Lipinski definition) is 3. The van der Waals surface area contributed by atoms with Crippen molar-refractivity contribution in [1.82, 2.24) is 9.88 Å². The normalized spacial score (nSPS) is 27.7. The molecule has 1 aliphatic carbocycles. The minimum absolute atomic E-state index is 0.215. The molecular formula is C22H27FN2O4. The van der Waals surface area contributed by atoms with E-state index in [1.165, 1.54) is 12.1 Å². The van der Waals surface area contributed by atoms with Crippen molar-refractivity contribution in [3.8, 4) is 11.5 Å². The van der Waals surface area contributed by atoms with Crippen LogP contribution in [0.3, 0.4) is 0 Å². The smallest absolute Gasteiger partial charge is 0.255 e. The lowest BCUT2D eigenvalue weighted by molar-refractivity contribution is 0.0326. The summed E-state index contributed by atoms with van der Waals surface area (Å²) in [5, 5.41) is 30.8. The van der Waals surface area contributed by atoms with Gasteiger partial charge in [0, 0.05) is 26.1 Å². The Bertz CT molecular complexity index is 864. The van der Waals surface area contributed by atoms with Gasteiger partial charge >= 0.3 is 0 Å². The first kappa shape index (κ1) is 20.1. The Morgan fingerprint density at radius 2 is 1.97 bits per heavy atom. The molecule has 1 aromatic carbocycles. The maximum atomic E-state index is 13.4. The zero-order valence-corrected chi connectivity index (χ0v) is 16.5. The van der Waals surface area contributed by atoms with Crippen LogP contribution in [0.4, 0.5) is 4.39 Å². The molecule has 1 saturated heterocycles. The molecule has 1 saturated carbocycles. The average Bonchev–Trinajstić information content (AvgIpc) is 3.17. The summed E-state index contributed by atoms with van der Waals surface area (Å²) >= 11 is 0. The molecule has 0 spiro atoms. The van der Waals surface area contributed by atoms with Crippen LogP contribution in [-0.2, 0) is 6.42 Å². The maximum Gasteiger partial charge on any atom is 0.255 e. The second-order valence-electron chi connectivity index (χ2n) is 8.46. The van der Waals surface area contributed by atoms with E-state index in [4.69, 9.17) is 4.74 Å². The Morgan fingerprint density at radius 3 is 2.62 bits per heavy atom. The van der Waals surface area contributed by atoms with Gasteiger partial charge in [0.05, 0.1) is 18.4 Å². The molecule has 2 aliphatic rings. The van der Waals surface area contributed by atoms with Crippen molar-refractivity contribution in [2.24, 2.45) is 11.8 Å². The topological polar surface area (TPSA) is 86.1 Å². The van der Waals surface area contributed by atoms with E-state index in [9.17, 15) is 19.7 Å². The van der Waals surface area contributed by atoms with Gasteiger partial charge in [-0.05, 0) is 54.5 Å². The number of aliphatic hydroxyl groups excluding tert-OH is 1. The predicted octanol–water partition coefficient (Wildman–Crippen LogP) is 2.28. The van der Waals surface area contributed by atoms with Gasteiger partial charge in [0.15, 0.2) is 5.75 Å². The number of nitrogens with zero attached hydrogens (tertiary/aromatic N) is 2. The third-order valence-electron chi connectivity index (χ3n) is 6.23. The van der Waals surface area contributed by atoms with E-state index >= 15 is 0 Å². The molecule has 29 heavy (non-hydrogen) atoms. The van der Waals surface area contributed by atoms with Crippen molar-refractivity contribution < 1.29 is 24.4 Å². The van der Waals surface area contributed by atoms with Crippen LogP contribution in [0.15, 0.2) is 36.4 Å². The fraction of sp³-hybridized carbons (Fsp3) is 0.500. The molecule has 7 heteroatoms. The molecule has 4 rings (SSSR count). The molecule has 1 unspecified atom stereocenters. The van der Waals surface area contributed by atoms with Crippen molar-refractivity contribution in [2.45, 2.75) is 31.0 Å². The number of likely N-dealkylation sites (tertiary alicyclic amines) is 1. The van der Waals surface area contributed by atoms with Gasteiger partial charge in [0.2, 0.25) is 0 Å². The van der Waals surface area contributed by atoms with E-state index in [1.807, 2.05) is 24.3 Å². The number of aromatic nitrogens is 1. The first-order valence-electron chi connectivity index (χ1n) is 9.96. The lowest BCUT2D eigenvalue weighted by Crippen LogP contribution is -2.33. The van der Waals surface area contributed by atoms with Crippen LogP contribution in [0.2, 0.25) is 0 Å². The highest BCUT2D eigenvalue weighted by molar-refractivity contribution is 5.30. The molecule has 4 atom stereocenters. The van der Waals surface area contributed by atoms with Gasteiger partial charge in [0.1, 0.15) is 11.9 Å². The Hall–Kier alpha value is -2.22. The van der Waals surface area contributed by atoms with Crippen molar-refractivity contribution in [2.75, 3.05) is 26.7 Å². The number of halogens is 1. The van der Waals surface area contributed by atoms with Gasteiger partial charge in [-0.1, -0.05) is 12.1 Å². The number of benzene rings is 1. The molecule has 1 aromatic heterocycles. The van der Waals surface area contributed by atoms with Gasteiger partial charge in [-0.25, -0.2) is 4.98 Å². The third kappa shape index (κ3) is 4.37. The van der Waals surface area contributed by atoms with Crippen LogP contribution < -0.4 is 4.74 Å². The Labute approximate surface area is 169 Å². The number of rotatable bonds is 6. The van der Waals surface area contributed by atoms with Crippen molar-refractivity contribution >= 4 is 0 Å². The number of pyridine rings is 1. The van der Waals surface area contributed by atoms with Crippen molar-refractivity contribution in [3.63, 3.8) is 0 Å². The first-order valence-corrected chi connectivity index (χ1v) is 9.96. The average molecular weight is 402 g/mol. The quantitative estimate of drug-likeness (QED) is 0.643. The third-order valence-corrected chi connectivity index (χ3v) is 6.23. The lowest BCUT2D eigenvalue weighted by Gasteiger charge is -2.27. The van der Waals surface area contributed by atoms with Crippen LogP contribution in [0.5, 0.6) is 11.5 Å². The summed E-state index contributed by atoms with van der Waals surface area (Å²) in [4.78, 5) is 5.78. The zero-order chi connectivity index (χ0) is 20.6. The molecule has 2 heterocycles. The Morgan fingerprint density at radius 1 is 1.24 bits per heavy atom.